The average Bonchev–Trinajstić information content (AvgIpc) is 3.49. The highest BCUT2D eigenvalue weighted by Crippen LogP contribution is 2.25. The minimum atomic E-state index is -0.112. The normalized spacial score (nSPS) is 11.4. The molecule has 5 aromatic rings. The fourth-order valence-corrected chi connectivity index (χ4v) is 4.48. The molecule has 5 rings (SSSR count). The van der Waals surface area contributed by atoms with Gasteiger partial charge in [-0.2, -0.15) is 10.2 Å². The van der Waals surface area contributed by atoms with Crippen molar-refractivity contribution in [3.05, 3.63) is 101 Å². The van der Waals surface area contributed by atoms with E-state index in [-0.39, 0.29) is 11.9 Å². The standard InChI is InChI=1S/C28H27ClN6O/c1-19(2)35-27-22(15-31-35)13-23(14-30-27)28(36)33(3)16-24-18-34(17-21-11-7-8-12-25(21)29)32-26(24)20-9-5-4-6-10-20/h4-15,18-19H,16-17H2,1-3H3. The smallest absolute Gasteiger partial charge is 0.255 e. The van der Waals surface area contributed by atoms with E-state index in [1.807, 2.05) is 76.2 Å². The topological polar surface area (TPSA) is 68.8 Å². The molecule has 0 N–H and O–H groups in total. The maximum atomic E-state index is 13.3. The molecule has 0 unspecified atom stereocenters. The van der Waals surface area contributed by atoms with E-state index in [0.717, 1.165) is 33.4 Å². The summed E-state index contributed by atoms with van der Waals surface area (Å²) in [6.45, 7) is 5.04. The van der Waals surface area contributed by atoms with E-state index in [0.29, 0.717) is 23.7 Å². The Morgan fingerprint density at radius 1 is 1.03 bits per heavy atom. The van der Waals surface area contributed by atoms with Gasteiger partial charge in [0, 0.05) is 53.6 Å². The summed E-state index contributed by atoms with van der Waals surface area (Å²) in [5, 5.41) is 10.8. The lowest BCUT2D eigenvalue weighted by Crippen LogP contribution is -2.26. The van der Waals surface area contributed by atoms with Gasteiger partial charge in [0.1, 0.15) is 0 Å². The van der Waals surface area contributed by atoms with Crippen molar-refractivity contribution in [3.63, 3.8) is 0 Å². The number of carbonyl (C=O) groups excluding carboxylic acids is 1. The summed E-state index contributed by atoms with van der Waals surface area (Å²) >= 11 is 6.39. The third-order valence-corrected chi connectivity index (χ3v) is 6.47. The Bertz CT molecular complexity index is 1520. The molecule has 0 aliphatic rings. The molecule has 0 radical (unpaired) electrons. The first kappa shape index (κ1) is 23.8. The number of hydrogen-bond donors (Lipinski definition) is 0. The molecule has 0 saturated heterocycles. The molecule has 0 aliphatic heterocycles. The van der Waals surface area contributed by atoms with Gasteiger partial charge in [0.05, 0.1) is 24.0 Å². The predicted molar refractivity (Wildman–Crippen MR) is 142 cm³/mol. The van der Waals surface area contributed by atoms with Crippen molar-refractivity contribution < 1.29 is 4.79 Å². The summed E-state index contributed by atoms with van der Waals surface area (Å²) < 4.78 is 3.73. The number of nitrogens with zero attached hydrogens (tertiary/aromatic N) is 6. The molecular formula is C28H27ClN6O. The first-order valence-electron chi connectivity index (χ1n) is 11.8. The maximum Gasteiger partial charge on any atom is 0.255 e. The van der Waals surface area contributed by atoms with Crippen LogP contribution in [0.4, 0.5) is 0 Å². The maximum absolute atomic E-state index is 13.3. The Morgan fingerprint density at radius 2 is 1.78 bits per heavy atom. The summed E-state index contributed by atoms with van der Waals surface area (Å²) in [6.07, 6.45) is 5.37. The van der Waals surface area contributed by atoms with Crippen molar-refractivity contribution in [3.8, 4) is 11.3 Å². The molecule has 7 nitrogen and oxygen atoms in total. The second kappa shape index (κ2) is 9.95. The quantitative estimate of drug-likeness (QED) is 0.282. The van der Waals surface area contributed by atoms with E-state index in [1.165, 1.54) is 0 Å². The molecule has 36 heavy (non-hydrogen) atoms. The number of amides is 1. The van der Waals surface area contributed by atoms with Gasteiger partial charge in [-0.05, 0) is 31.5 Å². The fraction of sp³-hybridized carbons (Fsp3) is 0.214. The number of hydrogen-bond acceptors (Lipinski definition) is 4. The van der Waals surface area contributed by atoms with Gasteiger partial charge >= 0.3 is 0 Å². The van der Waals surface area contributed by atoms with E-state index in [4.69, 9.17) is 16.7 Å². The fourth-order valence-electron chi connectivity index (χ4n) is 4.28. The van der Waals surface area contributed by atoms with E-state index >= 15 is 0 Å². The molecule has 0 atom stereocenters. The van der Waals surface area contributed by atoms with Crippen LogP contribution in [0, 0.1) is 0 Å². The van der Waals surface area contributed by atoms with Crippen LogP contribution in [0.5, 0.6) is 0 Å². The zero-order valence-electron chi connectivity index (χ0n) is 20.5. The van der Waals surface area contributed by atoms with Gasteiger partial charge in [-0.1, -0.05) is 60.1 Å². The van der Waals surface area contributed by atoms with Gasteiger partial charge in [-0.3, -0.25) is 9.48 Å². The van der Waals surface area contributed by atoms with Gasteiger partial charge in [-0.15, -0.1) is 0 Å². The highest BCUT2D eigenvalue weighted by molar-refractivity contribution is 6.31. The molecule has 2 aromatic carbocycles. The Morgan fingerprint density at radius 3 is 2.53 bits per heavy atom. The van der Waals surface area contributed by atoms with Crippen molar-refractivity contribution in [2.24, 2.45) is 0 Å². The molecule has 3 aromatic heterocycles. The summed E-state index contributed by atoms with van der Waals surface area (Å²) in [6, 6.07) is 19.8. The van der Waals surface area contributed by atoms with Crippen LogP contribution in [-0.4, -0.2) is 42.4 Å². The highest BCUT2D eigenvalue weighted by Gasteiger charge is 2.19. The number of pyridine rings is 1. The van der Waals surface area contributed by atoms with Crippen LogP contribution in [-0.2, 0) is 13.1 Å². The molecule has 0 spiro atoms. The zero-order chi connectivity index (χ0) is 25.2. The third kappa shape index (κ3) is 4.75. The monoisotopic (exact) mass is 498 g/mol. The number of fused-ring (bicyclic) bond motifs is 1. The van der Waals surface area contributed by atoms with Gasteiger partial charge in [-0.25, -0.2) is 9.67 Å². The van der Waals surface area contributed by atoms with Crippen LogP contribution < -0.4 is 0 Å². The Kier molecular flexibility index (Phi) is 6.57. The predicted octanol–water partition coefficient (Wildman–Crippen LogP) is 5.85. The molecule has 0 bridgehead atoms. The molecule has 0 fully saturated rings. The number of rotatable bonds is 7. The summed E-state index contributed by atoms with van der Waals surface area (Å²) in [7, 11) is 1.80. The molecule has 0 aliphatic carbocycles. The molecule has 8 heteroatoms. The van der Waals surface area contributed by atoms with Crippen LogP contribution in [0.3, 0.4) is 0 Å². The molecule has 182 valence electrons. The van der Waals surface area contributed by atoms with Gasteiger partial charge in [0.2, 0.25) is 0 Å². The van der Waals surface area contributed by atoms with Crippen molar-refractivity contribution in [1.29, 1.82) is 0 Å². The third-order valence-electron chi connectivity index (χ3n) is 6.10. The second-order valence-corrected chi connectivity index (χ2v) is 9.55. The van der Waals surface area contributed by atoms with E-state index in [9.17, 15) is 4.79 Å². The first-order valence-corrected chi connectivity index (χ1v) is 12.2. The summed E-state index contributed by atoms with van der Waals surface area (Å²) in [4.78, 5) is 19.6. The van der Waals surface area contributed by atoms with Crippen LogP contribution >= 0.6 is 11.6 Å². The van der Waals surface area contributed by atoms with Gasteiger partial charge < -0.3 is 4.90 Å². The van der Waals surface area contributed by atoms with Crippen LogP contribution in [0.2, 0.25) is 5.02 Å². The second-order valence-electron chi connectivity index (χ2n) is 9.14. The molecule has 3 heterocycles. The largest absolute Gasteiger partial charge is 0.337 e. The van der Waals surface area contributed by atoms with E-state index < -0.39 is 0 Å². The lowest BCUT2D eigenvalue weighted by Gasteiger charge is -2.17. The molecular weight excluding hydrogens is 472 g/mol. The number of halogens is 1. The lowest BCUT2D eigenvalue weighted by molar-refractivity contribution is 0.0785. The Labute approximate surface area is 214 Å². The highest BCUT2D eigenvalue weighted by atomic mass is 35.5. The Balaban J connectivity index is 1.43. The number of benzene rings is 2. The van der Waals surface area contributed by atoms with Gasteiger partial charge in [0.15, 0.2) is 5.65 Å². The van der Waals surface area contributed by atoms with Crippen molar-refractivity contribution in [1.82, 2.24) is 29.4 Å². The first-order chi connectivity index (χ1) is 17.4. The summed E-state index contributed by atoms with van der Waals surface area (Å²) in [5.41, 5.74) is 5.07. The van der Waals surface area contributed by atoms with Crippen molar-refractivity contribution >= 4 is 28.5 Å². The van der Waals surface area contributed by atoms with Crippen molar-refractivity contribution in [2.45, 2.75) is 33.0 Å². The van der Waals surface area contributed by atoms with E-state index in [2.05, 4.69) is 23.9 Å². The number of aromatic nitrogens is 5. The molecule has 0 saturated carbocycles. The van der Waals surface area contributed by atoms with E-state index in [1.54, 1.807) is 24.3 Å². The summed E-state index contributed by atoms with van der Waals surface area (Å²) in [5.74, 6) is -0.112. The van der Waals surface area contributed by atoms with Crippen LogP contribution in [0.25, 0.3) is 22.3 Å². The number of carbonyl (C=O) groups is 1. The van der Waals surface area contributed by atoms with Gasteiger partial charge in [0.25, 0.3) is 5.91 Å². The van der Waals surface area contributed by atoms with Crippen molar-refractivity contribution in [2.75, 3.05) is 7.05 Å². The minimum absolute atomic E-state index is 0.112. The average molecular weight is 499 g/mol. The van der Waals surface area contributed by atoms with Crippen LogP contribution in [0.15, 0.2) is 79.3 Å². The SMILES string of the molecule is CC(C)n1ncc2cc(C(=O)N(C)Cc3cn(Cc4ccccc4Cl)nc3-c3ccccc3)cnc21. The molecule has 1 amide bonds. The minimum Gasteiger partial charge on any atom is -0.337 e. The Hall–Kier alpha value is -3.97. The lowest BCUT2D eigenvalue weighted by atomic mass is 10.1. The zero-order valence-corrected chi connectivity index (χ0v) is 21.2. The van der Waals surface area contributed by atoms with Crippen LogP contribution in [0.1, 0.15) is 41.4 Å².